The quantitative estimate of drug-likeness (QED) is 0.638. The smallest absolute Gasteiger partial charge is 0.251 e. The van der Waals surface area contributed by atoms with Crippen LogP contribution in [0.4, 0.5) is 11.4 Å². The molecule has 2 saturated heterocycles. The van der Waals surface area contributed by atoms with Gasteiger partial charge in [0.25, 0.3) is 5.91 Å². The van der Waals surface area contributed by atoms with Gasteiger partial charge in [-0.05, 0) is 55.0 Å². The normalized spacial score (nSPS) is 19.7. The summed E-state index contributed by atoms with van der Waals surface area (Å²) >= 11 is 0. The van der Waals surface area contributed by atoms with Crippen molar-refractivity contribution >= 4 is 23.2 Å². The topological polar surface area (TPSA) is 62.3 Å². The number of imide groups is 1. The minimum Gasteiger partial charge on any atom is -0.497 e. The largest absolute Gasteiger partial charge is 0.497 e. The number of amides is 2. The van der Waals surface area contributed by atoms with E-state index in [2.05, 4.69) is 9.80 Å². The molecule has 0 N–H and O–H groups in total. The third kappa shape index (κ3) is 4.51. The van der Waals surface area contributed by atoms with Gasteiger partial charge in [0.05, 0.1) is 31.9 Å². The number of rotatable bonds is 7. The highest BCUT2D eigenvalue weighted by atomic mass is 16.5. The SMILES string of the molecule is CCCOc1ccc(N2C(=O)C[C@@H](N3CCN(c4ccc(OC)cc4)CC3)C2=O)cc1. The molecular weight excluding hydrogens is 394 g/mol. The Balaban J connectivity index is 1.37. The summed E-state index contributed by atoms with van der Waals surface area (Å²) in [5.41, 5.74) is 1.75. The van der Waals surface area contributed by atoms with Gasteiger partial charge in [0.15, 0.2) is 0 Å². The number of hydrogen-bond donors (Lipinski definition) is 0. The predicted molar refractivity (Wildman–Crippen MR) is 120 cm³/mol. The third-order valence-corrected chi connectivity index (χ3v) is 5.88. The minimum absolute atomic E-state index is 0.134. The number of methoxy groups -OCH3 is 1. The van der Waals surface area contributed by atoms with Crippen LogP contribution >= 0.6 is 0 Å². The maximum atomic E-state index is 13.1. The fourth-order valence-corrected chi connectivity index (χ4v) is 4.17. The molecule has 7 heteroatoms. The summed E-state index contributed by atoms with van der Waals surface area (Å²) in [4.78, 5) is 31.5. The highest BCUT2D eigenvalue weighted by Gasteiger charge is 2.43. The van der Waals surface area contributed by atoms with Gasteiger partial charge in [-0.25, -0.2) is 4.90 Å². The van der Waals surface area contributed by atoms with Crippen molar-refractivity contribution < 1.29 is 19.1 Å². The lowest BCUT2D eigenvalue weighted by atomic mass is 10.1. The van der Waals surface area contributed by atoms with Crippen LogP contribution in [0.2, 0.25) is 0 Å². The van der Waals surface area contributed by atoms with Gasteiger partial charge in [-0.3, -0.25) is 14.5 Å². The van der Waals surface area contributed by atoms with Crippen molar-refractivity contribution in [2.75, 3.05) is 49.7 Å². The molecule has 2 heterocycles. The molecule has 7 nitrogen and oxygen atoms in total. The molecule has 0 unspecified atom stereocenters. The highest BCUT2D eigenvalue weighted by molar-refractivity contribution is 6.22. The lowest BCUT2D eigenvalue weighted by molar-refractivity contribution is -0.123. The molecule has 2 amide bonds. The van der Waals surface area contributed by atoms with Crippen LogP contribution in [0.25, 0.3) is 0 Å². The maximum absolute atomic E-state index is 13.1. The monoisotopic (exact) mass is 423 g/mol. The van der Waals surface area contributed by atoms with Crippen molar-refractivity contribution in [1.82, 2.24) is 4.90 Å². The lowest BCUT2D eigenvalue weighted by Gasteiger charge is -2.38. The van der Waals surface area contributed by atoms with E-state index in [1.807, 2.05) is 43.3 Å². The summed E-state index contributed by atoms with van der Waals surface area (Å²) in [5.74, 6) is 1.30. The minimum atomic E-state index is -0.387. The number of anilines is 2. The van der Waals surface area contributed by atoms with Crippen LogP contribution in [-0.4, -0.2) is 62.7 Å². The van der Waals surface area contributed by atoms with E-state index in [1.54, 1.807) is 19.2 Å². The summed E-state index contributed by atoms with van der Waals surface area (Å²) in [5, 5.41) is 0. The van der Waals surface area contributed by atoms with Gasteiger partial charge >= 0.3 is 0 Å². The molecule has 4 rings (SSSR count). The van der Waals surface area contributed by atoms with Crippen molar-refractivity contribution in [2.45, 2.75) is 25.8 Å². The van der Waals surface area contributed by atoms with Gasteiger partial charge < -0.3 is 14.4 Å². The summed E-state index contributed by atoms with van der Waals surface area (Å²) < 4.78 is 10.8. The van der Waals surface area contributed by atoms with Crippen LogP contribution in [0.15, 0.2) is 48.5 Å². The first kappa shape index (κ1) is 21.2. The van der Waals surface area contributed by atoms with Gasteiger partial charge in [-0.2, -0.15) is 0 Å². The molecule has 0 saturated carbocycles. The number of carbonyl (C=O) groups excluding carboxylic acids is 2. The Morgan fingerprint density at radius 3 is 2.10 bits per heavy atom. The van der Waals surface area contributed by atoms with Crippen LogP contribution < -0.4 is 19.3 Å². The third-order valence-electron chi connectivity index (χ3n) is 5.88. The van der Waals surface area contributed by atoms with E-state index in [9.17, 15) is 9.59 Å². The number of ether oxygens (including phenoxy) is 2. The Morgan fingerprint density at radius 1 is 0.871 bits per heavy atom. The van der Waals surface area contributed by atoms with Gasteiger partial charge in [-0.15, -0.1) is 0 Å². The number of benzene rings is 2. The second-order valence-electron chi connectivity index (χ2n) is 7.85. The Labute approximate surface area is 183 Å². The number of hydrogen-bond acceptors (Lipinski definition) is 6. The Kier molecular flexibility index (Phi) is 6.42. The molecule has 2 aliphatic rings. The van der Waals surface area contributed by atoms with Crippen molar-refractivity contribution in [3.05, 3.63) is 48.5 Å². The average Bonchev–Trinajstić information content (AvgIpc) is 3.12. The Morgan fingerprint density at radius 2 is 1.48 bits per heavy atom. The molecule has 2 aliphatic heterocycles. The van der Waals surface area contributed by atoms with Crippen LogP contribution in [0.5, 0.6) is 11.5 Å². The van der Waals surface area contributed by atoms with Gasteiger partial charge in [0.2, 0.25) is 5.91 Å². The van der Waals surface area contributed by atoms with Crippen LogP contribution in [0.3, 0.4) is 0 Å². The van der Waals surface area contributed by atoms with E-state index >= 15 is 0 Å². The summed E-state index contributed by atoms with van der Waals surface area (Å²) in [6.07, 6.45) is 1.16. The molecule has 31 heavy (non-hydrogen) atoms. The number of nitrogens with zero attached hydrogens (tertiary/aromatic N) is 3. The van der Waals surface area contributed by atoms with Crippen molar-refractivity contribution in [3.63, 3.8) is 0 Å². The molecule has 0 spiro atoms. The highest BCUT2D eigenvalue weighted by Crippen LogP contribution is 2.29. The zero-order valence-corrected chi connectivity index (χ0v) is 18.1. The van der Waals surface area contributed by atoms with Crippen LogP contribution in [0, 0.1) is 0 Å². The van der Waals surface area contributed by atoms with Gasteiger partial charge in [0.1, 0.15) is 11.5 Å². The molecule has 1 atom stereocenters. The summed E-state index contributed by atoms with van der Waals surface area (Å²) in [7, 11) is 1.66. The first-order chi connectivity index (χ1) is 15.1. The zero-order valence-electron chi connectivity index (χ0n) is 18.1. The Bertz CT molecular complexity index is 905. The molecular formula is C24H29N3O4. The molecule has 2 aromatic carbocycles. The van der Waals surface area contributed by atoms with Crippen LogP contribution in [-0.2, 0) is 9.59 Å². The second kappa shape index (κ2) is 9.39. The fourth-order valence-electron chi connectivity index (χ4n) is 4.17. The molecule has 2 fully saturated rings. The van der Waals surface area contributed by atoms with Crippen LogP contribution in [0.1, 0.15) is 19.8 Å². The Hall–Kier alpha value is -3.06. The van der Waals surface area contributed by atoms with E-state index in [0.717, 1.165) is 49.8 Å². The average molecular weight is 424 g/mol. The fraction of sp³-hybridized carbons (Fsp3) is 0.417. The van der Waals surface area contributed by atoms with E-state index in [-0.39, 0.29) is 24.3 Å². The van der Waals surface area contributed by atoms with E-state index in [0.29, 0.717) is 12.3 Å². The lowest BCUT2D eigenvalue weighted by Crippen LogP contribution is -2.52. The molecule has 0 aliphatic carbocycles. The first-order valence-corrected chi connectivity index (χ1v) is 10.8. The molecule has 2 aromatic rings. The second-order valence-corrected chi connectivity index (χ2v) is 7.85. The van der Waals surface area contributed by atoms with Crippen molar-refractivity contribution in [3.8, 4) is 11.5 Å². The summed E-state index contributed by atoms with van der Waals surface area (Å²) in [6.45, 7) is 5.81. The van der Waals surface area contributed by atoms with Crippen molar-refractivity contribution in [1.29, 1.82) is 0 Å². The predicted octanol–water partition coefficient (Wildman–Crippen LogP) is 2.94. The van der Waals surface area contributed by atoms with E-state index < -0.39 is 0 Å². The first-order valence-electron chi connectivity index (χ1n) is 10.8. The zero-order chi connectivity index (χ0) is 21.8. The van der Waals surface area contributed by atoms with E-state index in [1.165, 1.54) is 4.90 Å². The van der Waals surface area contributed by atoms with E-state index in [4.69, 9.17) is 9.47 Å². The molecule has 0 bridgehead atoms. The standard InChI is InChI=1S/C24H29N3O4/c1-3-16-31-21-10-6-19(7-11-21)27-23(28)17-22(24(27)29)26-14-12-25(13-15-26)18-4-8-20(30-2)9-5-18/h4-11,22H,3,12-17H2,1-2H3/t22-/m1/s1. The number of carbonyl (C=O) groups is 2. The maximum Gasteiger partial charge on any atom is 0.251 e. The van der Waals surface area contributed by atoms with Crippen molar-refractivity contribution in [2.24, 2.45) is 0 Å². The summed E-state index contributed by atoms with van der Waals surface area (Å²) in [6, 6.07) is 14.8. The van der Waals surface area contributed by atoms with Gasteiger partial charge in [-0.1, -0.05) is 6.92 Å². The van der Waals surface area contributed by atoms with Gasteiger partial charge in [0, 0.05) is 31.9 Å². The molecule has 0 radical (unpaired) electrons. The number of piperazine rings is 1. The molecule has 0 aromatic heterocycles. The molecule has 164 valence electrons.